The molecular weight excluding hydrogens is 237 g/mol. The second kappa shape index (κ2) is 3.90. The van der Waals surface area contributed by atoms with Crippen molar-refractivity contribution in [3.63, 3.8) is 0 Å². The zero-order valence-electron chi connectivity index (χ0n) is 7.23. The van der Waals surface area contributed by atoms with Crippen LogP contribution in [0, 0.1) is 0 Å². The van der Waals surface area contributed by atoms with Gasteiger partial charge in [0.25, 0.3) is 0 Å². The molecule has 1 fully saturated rings. The second-order valence-corrected chi connectivity index (χ2v) is 9.70. The summed E-state index contributed by atoms with van der Waals surface area (Å²) in [5.41, 5.74) is 0. The molecule has 1 nitrogen and oxygen atoms in total. The van der Waals surface area contributed by atoms with Gasteiger partial charge in [0.05, 0.1) is 0 Å². The average Bonchev–Trinajstić information content (AvgIpc) is 1.88. The average molecular weight is 255 g/mol. The van der Waals surface area contributed by atoms with E-state index in [0.29, 0.717) is 0 Å². The van der Waals surface area contributed by atoms with Gasteiger partial charge in [-0.1, -0.05) is 0 Å². The van der Waals surface area contributed by atoms with E-state index in [0.717, 1.165) is 3.92 Å². The van der Waals surface area contributed by atoms with Gasteiger partial charge in [0, 0.05) is 0 Å². The fraction of sp³-hybridized carbons (Fsp3) is 1.00. The third-order valence-electron chi connectivity index (χ3n) is 2.27. The molecule has 0 atom stereocenters. The monoisotopic (exact) mass is 255 g/mol. The normalized spacial score (nSPS) is 24.9. The van der Waals surface area contributed by atoms with Crippen molar-refractivity contribution in [3.05, 3.63) is 0 Å². The minimum absolute atomic E-state index is 0.460. The molecule has 0 aromatic carbocycles. The fourth-order valence-electron chi connectivity index (χ4n) is 1.41. The molecule has 1 aliphatic rings. The van der Waals surface area contributed by atoms with Crippen LogP contribution in [0.2, 0.25) is 0 Å². The first kappa shape index (κ1) is 8.78. The van der Waals surface area contributed by atoms with Gasteiger partial charge in [-0.05, 0) is 0 Å². The Morgan fingerprint density at radius 3 is 2.10 bits per heavy atom. The summed E-state index contributed by atoms with van der Waals surface area (Å²) in [6, 6.07) is 0. The number of piperidine rings is 1. The molecule has 0 spiro atoms. The molecule has 10 heavy (non-hydrogen) atoms. The third-order valence-corrected chi connectivity index (χ3v) is 7.03. The van der Waals surface area contributed by atoms with Crippen molar-refractivity contribution in [3.8, 4) is 0 Å². The summed E-state index contributed by atoms with van der Waals surface area (Å²) < 4.78 is 1.15. The van der Waals surface area contributed by atoms with Gasteiger partial charge in [-0.3, -0.25) is 0 Å². The van der Waals surface area contributed by atoms with Gasteiger partial charge in [-0.15, -0.1) is 0 Å². The molecular formula is C8H18IN. The topological polar surface area (TPSA) is 3.24 Å². The Labute approximate surface area is 71.6 Å². The number of hydrogen-bond acceptors (Lipinski definition) is 1. The first-order chi connectivity index (χ1) is 4.70. The Morgan fingerprint density at radius 1 is 1.20 bits per heavy atom. The SMILES string of the molecule is CN1CCC(I(C)C)CC1. The van der Waals surface area contributed by atoms with Crippen LogP contribution in [-0.4, -0.2) is 38.8 Å². The summed E-state index contributed by atoms with van der Waals surface area (Å²) in [4.78, 5) is 7.45. The van der Waals surface area contributed by atoms with Crippen LogP contribution in [0.15, 0.2) is 0 Å². The predicted molar refractivity (Wildman–Crippen MR) is 56.4 cm³/mol. The molecule has 0 aromatic heterocycles. The van der Waals surface area contributed by atoms with Gasteiger partial charge < -0.3 is 0 Å². The molecule has 0 radical (unpaired) electrons. The predicted octanol–water partition coefficient (Wildman–Crippen LogP) is 1.85. The first-order valence-electron chi connectivity index (χ1n) is 3.87. The zero-order chi connectivity index (χ0) is 7.56. The molecule has 1 saturated heterocycles. The van der Waals surface area contributed by atoms with Crippen LogP contribution in [0.3, 0.4) is 0 Å². The number of likely N-dealkylation sites (tertiary alicyclic amines) is 1. The number of alkyl halides is 3. The second-order valence-electron chi connectivity index (χ2n) is 3.29. The molecule has 0 N–H and O–H groups in total. The van der Waals surface area contributed by atoms with Crippen molar-refractivity contribution in [1.29, 1.82) is 0 Å². The standard InChI is InChI=1S/C8H18IN/c1-9(2)8-4-6-10(3)7-5-8/h8H,4-7H2,1-3H3. The molecule has 0 bridgehead atoms. The number of halogens is 1. The van der Waals surface area contributed by atoms with Crippen LogP contribution in [0.5, 0.6) is 0 Å². The number of rotatable bonds is 1. The molecule has 0 amide bonds. The van der Waals surface area contributed by atoms with E-state index in [1.165, 1.54) is 25.9 Å². The van der Waals surface area contributed by atoms with Crippen LogP contribution in [0.4, 0.5) is 0 Å². The third kappa shape index (κ3) is 2.38. The van der Waals surface area contributed by atoms with Crippen molar-refractivity contribution < 1.29 is 0 Å². The molecule has 0 aliphatic carbocycles. The van der Waals surface area contributed by atoms with E-state index in [1.807, 2.05) is 0 Å². The maximum absolute atomic E-state index is 2.50. The molecule has 0 aromatic rings. The Morgan fingerprint density at radius 2 is 1.70 bits per heavy atom. The molecule has 1 rings (SSSR count). The Hall–Kier alpha value is 0.690. The maximum atomic E-state index is 2.50. The van der Waals surface area contributed by atoms with Crippen molar-refractivity contribution in [2.45, 2.75) is 16.8 Å². The van der Waals surface area contributed by atoms with E-state index in [9.17, 15) is 0 Å². The van der Waals surface area contributed by atoms with Gasteiger partial charge in [0.2, 0.25) is 0 Å². The van der Waals surface area contributed by atoms with E-state index in [4.69, 9.17) is 0 Å². The molecule has 1 heterocycles. The molecule has 0 unspecified atom stereocenters. The Bertz CT molecular complexity index is 95.4. The van der Waals surface area contributed by atoms with Crippen LogP contribution in [-0.2, 0) is 0 Å². The summed E-state index contributed by atoms with van der Waals surface area (Å²) in [6.45, 7) is 2.70. The van der Waals surface area contributed by atoms with E-state index < -0.39 is 19.8 Å². The van der Waals surface area contributed by atoms with Gasteiger partial charge in [0.15, 0.2) is 0 Å². The fourth-order valence-corrected chi connectivity index (χ4v) is 4.46. The molecule has 0 saturated carbocycles. The minimum atomic E-state index is -0.460. The summed E-state index contributed by atoms with van der Waals surface area (Å²) >= 11 is -0.460. The number of nitrogens with zero attached hydrogens (tertiary/aromatic N) is 1. The van der Waals surface area contributed by atoms with Crippen LogP contribution in [0.25, 0.3) is 0 Å². The molecule has 62 valence electrons. The van der Waals surface area contributed by atoms with E-state index >= 15 is 0 Å². The van der Waals surface area contributed by atoms with Crippen molar-refractivity contribution in [2.75, 3.05) is 30.0 Å². The van der Waals surface area contributed by atoms with Gasteiger partial charge in [-0.2, -0.15) is 0 Å². The number of hydrogen-bond donors (Lipinski definition) is 0. The summed E-state index contributed by atoms with van der Waals surface area (Å²) in [7, 11) is 2.24. The Balaban J connectivity index is 2.26. The van der Waals surface area contributed by atoms with E-state index in [1.54, 1.807) is 0 Å². The molecule has 2 heteroatoms. The Kier molecular flexibility index (Phi) is 3.43. The zero-order valence-corrected chi connectivity index (χ0v) is 9.39. The van der Waals surface area contributed by atoms with Crippen LogP contribution in [0.1, 0.15) is 12.8 Å². The summed E-state index contributed by atoms with van der Waals surface area (Å²) in [5, 5.41) is 0. The van der Waals surface area contributed by atoms with Crippen molar-refractivity contribution >= 4 is 19.8 Å². The molecule has 1 aliphatic heterocycles. The van der Waals surface area contributed by atoms with Gasteiger partial charge in [0.1, 0.15) is 0 Å². The van der Waals surface area contributed by atoms with Gasteiger partial charge >= 0.3 is 71.5 Å². The van der Waals surface area contributed by atoms with Gasteiger partial charge in [-0.25, -0.2) is 0 Å². The summed E-state index contributed by atoms with van der Waals surface area (Å²) in [6.07, 6.45) is 2.96. The van der Waals surface area contributed by atoms with Crippen molar-refractivity contribution in [1.82, 2.24) is 4.90 Å². The quantitative estimate of drug-likeness (QED) is 0.510. The van der Waals surface area contributed by atoms with Crippen molar-refractivity contribution in [2.24, 2.45) is 0 Å². The van der Waals surface area contributed by atoms with Crippen LogP contribution >= 0.6 is 19.8 Å². The first-order valence-corrected chi connectivity index (χ1v) is 9.43. The van der Waals surface area contributed by atoms with E-state index in [-0.39, 0.29) is 0 Å². The van der Waals surface area contributed by atoms with Crippen LogP contribution < -0.4 is 0 Å². The van der Waals surface area contributed by atoms with E-state index in [2.05, 4.69) is 21.8 Å². The summed E-state index contributed by atoms with van der Waals surface area (Å²) in [5.74, 6) is 0.